The molecule has 0 aliphatic rings. The highest BCUT2D eigenvalue weighted by molar-refractivity contribution is 5.20. The molecule has 2 aromatic rings. The number of ether oxygens (including phenoxy) is 1. The Morgan fingerprint density at radius 3 is 2.60 bits per heavy atom. The first kappa shape index (κ1) is 14.6. The Balaban J connectivity index is 1.75. The number of hydrogen-bond donors (Lipinski definition) is 0. The third kappa shape index (κ3) is 5.03. The third-order valence-corrected chi connectivity index (χ3v) is 3.01. The fourth-order valence-electron chi connectivity index (χ4n) is 1.78. The molecule has 4 heteroatoms. The second-order valence-corrected chi connectivity index (χ2v) is 6.15. The molecule has 0 spiro atoms. The minimum atomic E-state index is 0.322. The molecule has 1 aromatic heterocycles. The summed E-state index contributed by atoms with van der Waals surface area (Å²) in [4.78, 5) is 4.32. The number of aryl methyl sites for hydroxylation is 1. The highest BCUT2D eigenvalue weighted by Gasteiger charge is 2.10. The highest BCUT2D eigenvalue weighted by atomic mass is 16.5. The molecule has 0 unspecified atom stereocenters. The monoisotopic (exact) mass is 273 g/mol. The van der Waals surface area contributed by atoms with Gasteiger partial charge in [0, 0.05) is 13.0 Å². The van der Waals surface area contributed by atoms with Gasteiger partial charge >= 0.3 is 0 Å². The SMILES string of the molecule is CC(C)(C)CCn1cnc(CCOc2ccccc2)n1. The van der Waals surface area contributed by atoms with Gasteiger partial charge in [-0.1, -0.05) is 39.0 Å². The second-order valence-electron chi connectivity index (χ2n) is 6.15. The maximum Gasteiger partial charge on any atom is 0.153 e. The standard InChI is InChI=1S/C16H23N3O/c1-16(2,3)10-11-19-13-17-15(18-19)9-12-20-14-7-5-4-6-8-14/h4-8,13H,9-12H2,1-3H3. The van der Waals surface area contributed by atoms with Gasteiger partial charge in [-0.15, -0.1) is 0 Å². The molecule has 1 aromatic carbocycles. The van der Waals surface area contributed by atoms with Gasteiger partial charge in [-0.25, -0.2) is 4.98 Å². The van der Waals surface area contributed by atoms with E-state index in [-0.39, 0.29) is 0 Å². The van der Waals surface area contributed by atoms with Gasteiger partial charge in [0.25, 0.3) is 0 Å². The maximum atomic E-state index is 5.64. The zero-order chi connectivity index (χ0) is 14.4. The summed E-state index contributed by atoms with van der Waals surface area (Å²) in [6, 6.07) is 9.82. The molecule has 0 amide bonds. The van der Waals surface area contributed by atoms with Crippen molar-refractivity contribution in [3.05, 3.63) is 42.5 Å². The molecular weight excluding hydrogens is 250 g/mol. The van der Waals surface area contributed by atoms with Crippen molar-refractivity contribution in [1.29, 1.82) is 0 Å². The molecule has 108 valence electrons. The van der Waals surface area contributed by atoms with Crippen molar-refractivity contribution < 1.29 is 4.74 Å². The number of aromatic nitrogens is 3. The molecule has 0 aliphatic carbocycles. The number of benzene rings is 1. The molecule has 4 nitrogen and oxygen atoms in total. The minimum Gasteiger partial charge on any atom is -0.493 e. The summed E-state index contributed by atoms with van der Waals surface area (Å²) >= 11 is 0. The molecule has 0 saturated carbocycles. The molecular formula is C16H23N3O. The van der Waals surface area contributed by atoms with Crippen molar-refractivity contribution in [2.24, 2.45) is 5.41 Å². The van der Waals surface area contributed by atoms with Gasteiger partial charge in [0.15, 0.2) is 5.82 Å². The van der Waals surface area contributed by atoms with E-state index in [4.69, 9.17) is 4.74 Å². The second kappa shape index (κ2) is 6.55. The van der Waals surface area contributed by atoms with Crippen LogP contribution in [-0.4, -0.2) is 21.4 Å². The van der Waals surface area contributed by atoms with Gasteiger partial charge in [-0.3, -0.25) is 4.68 Å². The molecule has 0 fully saturated rings. The van der Waals surface area contributed by atoms with Gasteiger partial charge in [0.1, 0.15) is 12.1 Å². The largest absolute Gasteiger partial charge is 0.493 e. The lowest BCUT2D eigenvalue weighted by Gasteiger charge is -2.17. The van der Waals surface area contributed by atoms with Gasteiger partial charge < -0.3 is 4.74 Å². The molecule has 0 radical (unpaired) electrons. The van der Waals surface area contributed by atoms with Crippen LogP contribution in [0.3, 0.4) is 0 Å². The average Bonchev–Trinajstić information content (AvgIpc) is 2.85. The fourth-order valence-corrected chi connectivity index (χ4v) is 1.78. The zero-order valence-electron chi connectivity index (χ0n) is 12.5. The fraction of sp³-hybridized carbons (Fsp3) is 0.500. The van der Waals surface area contributed by atoms with Crippen LogP contribution in [0.5, 0.6) is 5.75 Å². The quantitative estimate of drug-likeness (QED) is 0.810. The number of rotatable bonds is 6. The van der Waals surface area contributed by atoms with Gasteiger partial charge in [0.2, 0.25) is 0 Å². The van der Waals surface area contributed by atoms with Crippen LogP contribution in [0.25, 0.3) is 0 Å². The zero-order valence-corrected chi connectivity index (χ0v) is 12.5. The van der Waals surface area contributed by atoms with Crippen LogP contribution >= 0.6 is 0 Å². The Morgan fingerprint density at radius 2 is 1.90 bits per heavy atom. The molecule has 0 N–H and O–H groups in total. The first-order valence-electron chi connectivity index (χ1n) is 7.09. The van der Waals surface area contributed by atoms with E-state index < -0.39 is 0 Å². The van der Waals surface area contributed by atoms with Crippen molar-refractivity contribution in [1.82, 2.24) is 14.8 Å². The molecule has 0 atom stereocenters. The average molecular weight is 273 g/mol. The lowest BCUT2D eigenvalue weighted by Crippen LogP contribution is -2.11. The van der Waals surface area contributed by atoms with E-state index in [0.29, 0.717) is 12.0 Å². The van der Waals surface area contributed by atoms with E-state index in [1.165, 1.54) is 0 Å². The smallest absolute Gasteiger partial charge is 0.153 e. The number of hydrogen-bond acceptors (Lipinski definition) is 3. The normalized spacial score (nSPS) is 11.6. The van der Waals surface area contributed by atoms with Crippen molar-refractivity contribution in [2.75, 3.05) is 6.61 Å². The Labute approximate surface area is 120 Å². The summed E-state index contributed by atoms with van der Waals surface area (Å²) < 4.78 is 7.56. The maximum absolute atomic E-state index is 5.64. The number of para-hydroxylation sites is 1. The van der Waals surface area contributed by atoms with Crippen LogP contribution in [0.15, 0.2) is 36.7 Å². The van der Waals surface area contributed by atoms with Gasteiger partial charge in [-0.2, -0.15) is 5.10 Å². The topological polar surface area (TPSA) is 39.9 Å². The van der Waals surface area contributed by atoms with Crippen LogP contribution in [0.4, 0.5) is 0 Å². The number of nitrogens with zero attached hydrogens (tertiary/aromatic N) is 3. The van der Waals surface area contributed by atoms with E-state index in [0.717, 1.165) is 31.0 Å². The molecule has 1 heterocycles. The predicted octanol–water partition coefficient (Wildman–Crippen LogP) is 3.34. The Hall–Kier alpha value is -1.84. The van der Waals surface area contributed by atoms with E-state index in [1.54, 1.807) is 0 Å². The van der Waals surface area contributed by atoms with Crippen LogP contribution in [-0.2, 0) is 13.0 Å². The summed E-state index contributed by atoms with van der Waals surface area (Å²) in [7, 11) is 0. The lowest BCUT2D eigenvalue weighted by molar-refractivity contribution is 0.317. The summed E-state index contributed by atoms with van der Waals surface area (Å²) in [5.74, 6) is 1.73. The molecule has 20 heavy (non-hydrogen) atoms. The summed E-state index contributed by atoms with van der Waals surface area (Å²) in [5.41, 5.74) is 0.322. The van der Waals surface area contributed by atoms with Crippen LogP contribution in [0.2, 0.25) is 0 Å². The van der Waals surface area contributed by atoms with Crippen molar-refractivity contribution in [3.63, 3.8) is 0 Å². The van der Waals surface area contributed by atoms with E-state index in [2.05, 4.69) is 30.9 Å². The van der Waals surface area contributed by atoms with Crippen LogP contribution in [0.1, 0.15) is 33.0 Å². The Kier molecular flexibility index (Phi) is 4.77. The van der Waals surface area contributed by atoms with Crippen molar-refractivity contribution in [3.8, 4) is 5.75 Å². The van der Waals surface area contributed by atoms with E-state index in [9.17, 15) is 0 Å². The molecule has 2 rings (SSSR count). The van der Waals surface area contributed by atoms with Crippen LogP contribution in [0, 0.1) is 5.41 Å². The van der Waals surface area contributed by atoms with Crippen molar-refractivity contribution >= 4 is 0 Å². The Morgan fingerprint density at radius 1 is 1.15 bits per heavy atom. The molecule has 0 aliphatic heterocycles. The molecule has 0 bridgehead atoms. The minimum absolute atomic E-state index is 0.322. The van der Waals surface area contributed by atoms with Gasteiger partial charge in [0.05, 0.1) is 6.61 Å². The summed E-state index contributed by atoms with van der Waals surface area (Å²) in [6.45, 7) is 8.22. The third-order valence-electron chi connectivity index (χ3n) is 3.01. The summed E-state index contributed by atoms with van der Waals surface area (Å²) in [6.07, 6.45) is 3.64. The highest BCUT2D eigenvalue weighted by Crippen LogP contribution is 2.18. The van der Waals surface area contributed by atoms with Crippen LogP contribution < -0.4 is 4.74 Å². The molecule has 0 saturated heterocycles. The van der Waals surface area contributed by atoms with E-state index >= 15 is 0 Å². The van der Waals surface area contributed by atoms with E-state index in [1.807, 2.05) is 41.3 Å². The van der Waals surface area contributed by atoms with Crippen molar-refractivity contribution in [2.45, 2.75) is 40.2 Å². The predicted molar refractivity (Wildman–Crippen MR) is 79.7 cm³/mol. The lowest BCUT2D eigenvalue weighted by atomic mass is 9.92. The first-order valence-corrected chi connectivity index (χ1v) is 7.09. The summed E-state index contributed by atoms with van der Waals surface area (Å²) in [5, 5.41) is 4.47. The first-order chi connectivity index (χ1) is 9.53. The Bertz CT molecular complexity index is 514. The van der Waals surface area contributed by atoms with Gasteiger partial charge in [-0.05, 0) is 24.0 Å².